The van der Waals surface area contributed by atoms with Gasteiger partial charge in [0.25, 0.3) is 0 Å². The van der Waals surface area contributed by atoms with Crippen molar-refractivity contribution in [2.24, 2.45) is 5.41 Å². The smallest absolute Gasteiger partial charge is 0.324 e. The number of nitrogens with zero attached hydrogens (tertiary/aromatic N) is 1. The van der Waals surface area contributed by atoms with E-state index in [9.17, 15) is 9.59 Å². The molecule has 7 rings (SSSR count). The van der Waals surface area contributed by atoms with Gasteiger partial charge in [0.15, 0.2) is 0 Å². The number of carbonyl (C=O) groups is 2. The van der Waals surface area contributed by atoms with Crippen molar-refractivity contribution < 1.29 is 18.7 Å². The van der Waals surface area contributed by atoms with Crippen molar-refractivity contribution in [1.82, 2.24) is 4.90 Å². The van der Waals surface area contributed by atoms with Crippen molar-refractivity contribution in [3.05, 3.63) is 135 Å². The van der Waals surface area contributed by atoms with E-state index < -0.39 is 47.3 Å². The number of ether oxygens (including phenoxy) is 1. The summed E-state index contributed by atoms with van der Waals surface area (Å²) in [6, 6.07) is 27.7. The summed E-state index contributed by atoms with van der Waals surface area (Å²) in [5, 5.41) is 3.47. The first-order chi connectivity index (χ1) is 21.5. The van der Waals surface area contributed by atoms with Crippen LogP contribution in [0.5, 0.6) is 0 Å². The van der Waals surface area contributed by atoms with E-state index >= 15 is 4.39 Å². The minimum Gasteiger partial charge on any atom is -0.454 e. The molecule has 0 aliphatic carbocycles. The molecule has 3 aliphatic rings. The predicted octanol–water partition coefficient (Wildman–Crippen LogP) is 8.63. The second kappa shape index (κ2) is 11.0. The topological polar surface area (TPSA) is 58.6 Å². The number of fused-ring (bicyclic) bond motifs is 3. The van der Waals surface area contributed by atoms with Crippen LogP contribution in [0.25, 0.3) is 0 Å². The van der Waals surface area contributed by atoms with Crippen molar-refractivity contribution in [1.29, 1.82) is 0 Å². The van der Waals surface area contributed by atoms with E-state index in [4.69, 9.17) is 27.9 Å². The first-order valence-corrected chi connectivity index (χ1v) is 15.9. The molecular formula is C37H33Cl2FN2O3. The van der Waals surface area contributed by atoms with Crippen molar-refractivity contribution in [2.45, 2.75) is 62.8 Å². The van der Waals surface area contributed by atoms with E-state index in [1.54, 1.807) is 24.3 Å². The van der Waals surface area contributed by atoms with Gasteiger partial charge in [0, 0.05) is 22.7 Å². The molecule has 5 nitrogen and oxygen atoms in total. The zero-order valence-electron chi connectivity index (χ0n) is 25.1. The number of anilines is 1. The summed E-state index contributed by atoms with van der Waals surface area (Å²) in [7, 11) is 0. The fourth-order valence-electron chi connectivity index (χ4n) is 7.98. The fourth-order valence-corrected chi connectivity index (χ4v) is 8.33. The Kier molecular flexibility index (Phi) is 7.31. The minimum atomic E-state index is -1.37. The highest BCUT2D eigenvalue weighted by Crippen LogP contribution is 2.64. The third-order valence-corrected chi connectivity index (χ3v) is 10.1. The summed E-state index contributed by atoms with van der Waals surface area (Å²) in [5.74, 6) is -2.42. The number of halogens is 3. The van der Waals surface area contributed by atoms with Crippen LogP contribution in [-0.2, 0) is 19.7 Å². The molecule has 8 heteroatoms. The molecule has 2 saturated heterocycles. The number of hydrogen-bond donors (Lipinski definition) is 1. The molecule has 1 amide bonds. The quantitative estimate of drug-likeness (QED) is 0.226. The SMILES string of the molecule is CC(C)(C)C[C@@H]1N2[C@H](C(=O)O[C@@H](c3ccccc3)[C@H]2c2ccccc2)[C@@H](c2cccc(Cl)c2F)[C@]12C(=O)Nc1cc(Cl)ccc12. The molecule has 0 aromatic heterocycles. The van der Waals surface area contributed by atoms with Crippen molar-refractivity contribution >= 4 is 40.8 Å². The zero-order chi connectivity index (χ0) is 31.7. The lowest BCUT2D eigenvalue weighted by Gasteiger charge is -2.47. The molecule has 1 N–H and O–H groups in total. The molecule has 0 unspecified atom stereocenters. The third-order valence-electron chi connectivity index (χ3n) is 9.55. The molecule has 0 bridgehead atoms. The number of rotatable bonds is 4. The molecule has 0 radical (unpaired) electrons. The summed E-state index contributed by atoms with van der Waals surface area (Å²) in [5.41, 5.74) is 1.55. The van der Waals surface area contributed by atoms with Crippen LogP contribution in [0.3, 0.4) is 0 Å². The number of hydrogen-bond acceptors (Lipinski definition) is 4. The molecule has 0 saturated carbocycles. The Morgan fingerprint density at radius 1 is 0.867 bits per heavy atom. The summed E-state index contributed by atoms with van der Waals surface area (Å²) in [6.07, 6.45) is -0.149. The Labute approximate surface area is 272 Å². The lowest BCUT2D eigenvalue weighted by Crippen LogP contribution is -2.54. The van der Waals surface area contributed by atoms with Gasteiger partial charge >= 0.3 is 5.97 Å². The van der Waals surface area contributed by atoms with E-state index in [0.29, 0.717) is 22.7 Å². The van der Waals surface area contributed by atoms with Crippen LogP contribution in [0, 0.1) is 11.2 Å². The number of esters is 1. The highest BCUT2D eigenvalue weighted by atomic mass is 35.5. The van der Waals surface area contributed by atoms with Gasteiger partial charge in [-0.25, -0.2) is 4.39 Å². The summed E-state index contributed by atoms with van der Waals surface area (Å²) in [4.78, 5) is 31.5. The second-order valence-electron chi connectivity index (χ2n) is 13.4. The van der Waals surface area contributed by atoms with Crippen LogP contribution in [-0.4, -0.2) is 28.9 Å². The molecule has 2 fully saturated rings. The van der Waals surface area contributed by atoms with Crippen molar-refractivity contribution in [3.8, 4) is 0 Å². The number of benzene rings is 4. The monoisotopic (exact) mass is 642 g/mol. The number of amides is 1. The molecule has 230 valence electrons. The van der Waals surface area contributed by atoms with Crippen LogP contribution >= 0.6 is 23.2 Å². The van der Waals surface area contributed by atoms with Crippen LogP contribution in [0.2, 0.25) is 10.0 Å². The van der Waals surface area contributed by atoms with Crippen LogP contribution in [0.1, 0.15) is 67.5 Å². The Morgan fingerprint density at radius 2 is 1.53 bits per heavy atom. The number of nitrogens with one attached hydrogen (secondary N) is 1. The van der Waals surface area contributed by atoms with Crippen LogP contribution < -0.4 is 5.32 Å². The molecule has 3 heterocycles. The van der Waals surface area contributed by atoms with Gasteiger partial charge in [0.1, 0.15) is 23.4 Å². The summed E-state index contributed by atoms with van der Waals surface area (Å²) < 4.78 is 22.7. The first kappa shape index (κ1) is 30.0. The van der Waals surface area contributed by atoms with Gasteiger partial charge in [-0.05, 0) is 52.3 Å². The summed E-state index contributed by atoms with van der Waals surface area (Å²) >= 11 is 12.8. The highest BCUT2D eigenvalue weighted by Gasteiger charge is 2.72. The van der Waals surface area contributed by atoms with Gasteiger partial charge < -0.3 is 10.1 Å². The average molecular weight is 644 g/mol. The van der Waals surface area contributed by atoms with Gasteiger partial charge in [-0.15, -0.1) is 0 Å². The maximum atomic E-state index is 16.3. The average Bonchev–Trinajstić information content (AvgIpc) is 3.46. The van der Waals surface area contributed by atoms with Gasteiger partial charge in [0.2, 0.25) is 5.91 Å². The standard InChI is InChI=1S/C37H33Cl2FN2O3/c1-36(2,3)20-28-37(25-18-17-23(38)19-27(25)41-35(37)44)29(24-15-10-16-26(39)30(24)40)32-34(43)45-33(22-13-8-5-9-14-22)31(42(28)32)21-11-6-4-7-12-21/h4-19,28-29,31-33H,20H2,1-3H3,(H,41,44)/t28-,29+,31+,32-,33-,37+/m0/s1. The molecule has 1 spiro atoms. The van der Waals surface area contributed by atoms with Gasteiger partial charge in [-0.3, -0.25) is 14.5 Å². The molecule has 3 aliphatic heterocycles. The molecule has 6 atom stereocenters. The molecule has 4 aromatic rings. The van der Waals surface area contributed by atoms with E-state index in [1.807, 2.05) is 66.7 Å². The van der Waals surface area contributed by atoms with E-state index in [-0.39, 0.29) is 21.9 Å². The van der Waals surface area contributed by atoms with E-state index in [1.165, 1.54) is 6.07 Å². The fraction of sp³-hybridized carbons (Fsp3) is 0.297. The molecule has 4 aromatic carbocycles. The number of carbonyl (C=O) groups excluding carboxylic acids is 2. The van der Waals surface area contributed by atoms with Crippen LogP contribution in [0.15, 0.2) is 97.1 Å². The van der Waals surface area contributed by atoms with E-state index in [2.05, 4.69) is 31.0 Å². The van der Waals surface area contributed by atoms with Crippen molar-refractivity contribution in [2.75, 3.05) is 5.32 Å². The Hall–Kier alpha value is -3.71. The molecule has 45 heavy (non-hydrogen) atoms. The van der Waals surface area contributed by atoms with Gasteiger partial charge in [-0.1, -0.05) is 123 Å². The normalized spacial score (nSPS) is 27.6. The number of morpholine rings is 1. The van der Waals surface area contributed by atoms with Gasteiger partial charge in [0.05, 0.1) is 11.1 Å². The number of cyclic esters (lactones) is 1. The Morgan fingerprint density at radius 3 is 2.20 bits per heavy atom. The second-order valence-corrected chi connectivity index (χ2v) is 14.3. The zero-order valence-corrected chi connectivity index (χ0v) is 26.6. The predicted molar refractivity (Wildman–Crippen MR) is 174 cm³/mol. The largest absolute Gasteiger partial charge is 0.454 e. The van der Waals surface area contributed by atoms with Crippen molar-refractivity contribution in [3.63, 3.8) is 0 Å². The van der Waals surface area contributed by atoms with Crippen LogP contribution in [0.4, 0.5) is 10.1 Å². The van der Waals surface area contributed by atoms with E-state index in [0.717, 1.165) is 11.1 Å². The minimum absolute atomic E-state index is 0.0749. The maximum absolute atomic E-state index is 16.3. The first-order valence-electron chi connectivity index (χ1n) is 15.2. The van der Waals surface area contributed by atoms with Gasteiger partial charge in [-0.2, -0.15) is 0 Å². The maximum Gasteiger partial charge on any atom is 0.324 e. The lowest BCUT2D eigenvalue weighted by molar-refractivity contribution is -0.176. The summed E-state index contributed by atoms with van der Waals surface area (Å²) in [6.45, 7) is 6.35. The third kappa shape index (κ3) is 4.68. The highest BCUT2D eigenvalue weighted by molar-refractivity contribution is 6.31. The Balaban J connectivity index is 1.58. The Bertz CT molecular complexity index is 1790. The lowest BCUT2D eigenvalue weighted by atomic mass is 9.62. The molecular weight excluding hydrogens is 610 g/mol.